The monoisotopic (exact) mass is 203 g/mol. The lowest BCUT2D eigenvalue weighted by Gasteiger charge is -2.22. The van der Waals surface area contributed by atoms with Crippen LogP contribution in [-0.4, -0.2) is 48.2 Å². The van der Waals surface area contributed by atoms with Crippen molar-refractivity contribution in [2.24, 2.45) is 0 Å². The Bertz CT molecular complexity index is 140. The van der Waals surface area contributed by atoms with Crippen molar-refractivity contribution in [1.82, 2.24) is 5.32 Å². The Morgan fingerprint density at radius 2 is 2.14 bits per heavy atom. The van der Waals surface area contributed by atoms with Crippen LogP contribution in [0.5, 0.6) is 0 Å². The average Bonchev–Trinajstić information content (AvgIpc) is 2.66. The van der Waals surface area contributed by atoms with Gasteiger partial charge in [0, 0.05) is 12.6 Å². The Hall–Kier alpha value is -0.160. The first-order valence-electron chi connectivity index (χ1n) is 5.35. The first-order valence-corrected chi connectivity index (χ1v) is 5.35. The van der Waals surface area contributed by atoms with Gasteiger partial charge in [0.1, 0.15) is 0 Å². The Morgan fingerprint density at radius 3 is 2.64 bits per heavy atom. The molecule has 0 aromatic heterocycles. The molecule has 1 fully saturated rings. The molecule has 1 aliphatic rings. The summed E-state index contributed by atoms with van der Waals surface area (Å²) in [5.74, 6) is 0. The van der Waals surface area contributed by atoms with Crippen molar-refractivity contribution >= 4 is 0 Å². The summed E-state index contributed by atoms with van der Waals surface area (Å²) in [6, 6.07) is 0.0776. The number of hydrogen-bond donors (Lipinski definition) is 3. The zero-order chi connectivity index (χ0) is 10.4. The maximum Gasteiger partial charge on any atom is 0.0607 e. The molecule has 1 heterocycles. The fraction of sp³-hybridized carbons (Fsp3) is 1.00. The summed E-state index contributed by atoms with van der Waals surface area (Å²) in [7, 11) is 0. The van der Waals surface area contributed by atoms with Crippen molar-refractivity contribution in [3.63, 3.8) is 0 Å². The fourth-order valence-corrected chi connectivity index (χ4v) is 1.86. The van der Waals surface area contributed by atoms with Crippen molar-refractivity contribution in [1.29, 1.82) is 0 Å². The van der Waals surface area contributed by atoms with Gasteiger partial charge in [0.05, 0.1) is 25.4 Å². The van der Waals surface area contributed by atoms with E-state index in [0.29, 0.717) is 6.10 Å². The fourth-order valence-electron chi connectivity index (χ4n) is 1.86. The van der Waals surface area contributed by atoms with Crippen LogP contribution in [0.2, 0.25) is 0 Å². The number of ether oxygens (including phenoxy) is 1. The molecule has 0 radical (unpaired) electrons. The summed E-state index contributed by atoms with van der Waals surface area (Å²) in [5, 5.41) is 20.9. The van der Waals surface area contributed by atoms with E-state index in [1.54, 1.807) is 0 Å². The van der Waals surface area contributed by atoms with Crippen molar-refractivity contribution in [2.45, 2.75) is 44.4 Å². The molecular weight excluding hydrogens is 182 g/mol. The lowest BCUT2D eigenvalue weighted by molar-refractivity contribution is 0.0895. The minimum Gasteiger partial charge on any atom is -0.395 e. The van der Waals surface area contributed by atoms with Gasteiger partial charge in [-0.2, -0.15) is 0 Å². The average molecular weight is 203 g/mol. The molecule has 1 aliphatic heterocycles. The first kappa shape index (κ1) is 11.9. The first-order chi connectivity index (χ1) is 6.76. The zero-order valence-electron chi connectivity index (χ0n) is 8.78. The third-order valence-corrected chi connectivity index (χ3v) is 2.60. The Morgan fingerprint density at radius 1 is 1.43 bits per heavy atom. The highest BCUT2D eigenvalue weighted by Crippen LogP contribution is 2.16. The van der Waals surface area contributed by atoms with Gasteiger partial charge in [-0.1, -0.05) is 0 Å². The van der Waals surface area contributed by atoms with Crippen LogP contribution in [0.1, 0.15) is 26.2 Å². The topological polar surface area (TPSA) is 61.7 Å². The van der Waals surface area contributed by atoms with Gasteiger partial charge in [-0.15, -0.1) is 0 Å². The number of aliphatic hydroxyl groups is 2. The second-order valence-corrected chi connectivity index (χ2v) is 4.00. The van der Waals surface area contributed by atoms with Crippen LogP contribution in [-0.2, 0) is 4.74 Å². The summed E-state index contributed by atoms with van der Waals surface area (Å²) in [6.45, 7) is 2.89. The van der Waals surface area contributed by atoms with Crippen LogP contribution in [0.3, 0.4) is 0 Å². The molecular formula is C10H21NO3. The van der Waals surface area contributed by atoms with Crippen LogP contribution >= 0.6 is 0 Å². The van der Waals surface area contributed by atoms with E-state index in [2.05, 4.69) is 12.2 Å². The second-order valence-electron chi connectivity index (χ2n) is 4.00. The maximum absolute atomic E-state index is 8.88. The van der Waals surface area contributed by atoms with E-state index in [4.69, 9.17) is 14.9 Å². The smallest absolute Gasteiger partial charge is 0.0607 e. The number of aliphatic hydroxyl groups excluding tert-OH is 2. The maximum atomic E-state index is 8.88. The predicted molar refractivity (Wildman–Crippen MR) is 54.1 cm³/mol. The predicted octanol–water partition coefficient (Wildman–Crippen LogP) is -0.113. The minimum absolute atomic E-state index is 0.0215. The van der Waals surface area contributed by atoms with Gasteiger partial charge >= 0.3 is 0 Å². The van der Waals surface area contributed by atoms with Crippen molar-refractivity contribution in [3.05, 3.63) is 0 Å². The lowest BCUT2D eigenvalue weighted by atomic mass is 10.1. The molecule has 4 heteroatoms. The van der Waals surface area contributed by atoms with Crippen molar-refractivity contribution in [2.75, 3.05) is 19.8 Å². The summed E-state index contributed by atoms with van der Waals surface area (Å²) < 4.78 is 5.51. The number of nitrogens with one attached hydrogen (secondary N) is 1. The van der Waals surface area contributed by atoms with E-state index < -0.39 is 0 Å². The molecule has 14 heavy (non-hydrogen) atoms. The highest BCUT2D eigenvalue weighted by molar-refractivity contribution is 4.75. The molecule has 2 unspecified atom stereocenters. The largest absolute Gasteiger partial charge is 0.395 e. The SMILES string of the molecule is CC(CC1CCCO1)NC(CO)CO. The van der Waals surface area contributed by atoms with Gasteiger partial charge in [-0.05, 0) is 26.2 Å². The van der Waals surface area contributed by atoms with Gasteiger partial charge < -0.3 is 20.3 Å². The molecule has 1 saturated heterocycles. The molecule has 0 spiro atoms. The van der Waals surface area contributed by atoms with E-state index in [1.807, 2.05) is 0 Å². The van der Waals surface area contributed by atoms with Crippen LogP contribution in [0, 0.1) is 0 Å². The van der Waals surface area contributed by atoms with Crippen LogP contribution in [0.15, 0.2) is 0 Å². The van der Waals surface area contributed by atoms with Crippen LogP contribution in [0.4, 0.5) is 0 Å². The third kappa shape index (κ3) is 3.92. The molecule has 2 atom stereocenters. The third-order valence-electron chi connectivity index (χ3n) is 2.60. The molecule has 1 rings (SSSR count). The van der Waals surface area contributed by atoms with Gasteiger partial charge in [-0.25, -0.2) is 0 Å². The molecule has 0 bridgehead atoms. The van der Waals surface area contributed by atoms with E-state index in [1.165, 1.54) is 0 Å². The van der Waals surface area contributed by atoms with Gasteiger partial charge in [0.15, 0.2) is 0 Å². The molecule has 4 nitrogen and oxygen atoms in total. The number of rotatable bonds is 6. The van der Waals surface area contributed by atoms with E-state index >= 15 is 0 Å². The normalized spacial score (nSPS) is 24.4. The highest BCUT2D eigenvalue weighted by atomic mass is 16.5. The quantitative estimate of drug-likeness (QED) is 0.563. The molecule has 0 amide bonds. The Labute approximate surface area is 85.3 Å². The summed E-state index contributed by atoms with van der Waals surface area (Å²) in [6.07, 6.45) is 3.60. The summed E-state index contributed by atoms with van der Waals surface area (Å²) in [5.41, 5.74) is 0. The standard InChI is InChI=1S/C10H21NO3/c1-8(11-9(6-12)7-13)5-10-3-2-4-14-10/h8-13H,2-7H2,1H3. The van der Waals surface area contributed by atoms with Crippen LogP contribution < -0.4 is 5.32 Å². The molecule has 0 saturated carbocycles. The second kappa shape index (κ2) is 6.35. The van der Waals surface area contributed by atoms with Gasteiger partial charge in [0.25, 0.3) is 0 Å². The molecule has 0 aliphatic carbocycles. The van der Waals surface area contributed by atoms with Gasteiger partial charge in [0.2, 0.25) is 0 Å². The van der Waals surface area contributed by atoms with E-state index in [0.717, 1.165) is 25.9 Å². The molecule has 0 aromatic rings. The molecule has 84 valence electrons. The Balaban J connectivity index is 2.16. The van der Waals surface area contributed by atoms with Gasteiger partial charge in [-0.3, -0.25) is 0 Å². The zero-order valence-corrected chi connectivity index (χ0v) is 8.78. The summed E-state index contributed by atoms with van der Waals surface area (Å²) >= 11 is 0. The summed E-state index contributed by atoms with van der Waals surface area (Å²) in [4.78, 5) is 0. The lowest BCUT2D eigenvalue weighted by Crippen LogP contribution is -2.42. The van der Waals surface area contributed by atoms with E-state index in [9.17, 15) is 0 Å². The Kier molecular flexibility index (Phi) is 5.40. The molecule has 0 aromatic carbocycles. The minimum atomic E-state index is -0.202. The van der Waals surface area contributed by atoms with E-state index in [-0.39, 0.29) is 25.3 Å². The number of hydrogen-bond acceptors (Lipinski definition) is 4. The van der Waals surface area contributed by atoms with Crippen molar-refractivity contribution in [3.8, 4) is 0 Å². The molecule has 3 N–H and O–H groups in total. The highest BCUT2D eigenvalue weighted by Gasteiger charge is 2.19. The van der Waals surface area contributed by atoms with Crippen LogP contribution in [0.25, 0.3) is 0 Å². The van der Waals surface area contributed by atoms with Crippen molar-refractivity contribution < 1.29 is 14.9 Å².